The van der Waals surface area contributed by atoms with Gasteiger partial charge in [0.2, 0.25) is 0 Å². The average molecular weight is 372 g/mol. The molecule has 0 spiro atoms. The largest absolute Gasteiger partial charge is 0.344 e. The van der Waals surface area contributed by atoms with E-state index in [1.165, 1.54) is 4.90 Å². The summed E-state index contributed by atoms with van der Waals surface area (Å²) in [6.45, 7) is 3.99. The van der Waals surface area contributed by atoms with Crippen molar-refractivity contribution in [2.24, 2.45) is 0 Å². The van der Waals surface area contributed by atoms with Crippen LogP contribution in [0.25, 0.3) is 11.8 Å². The molecular formula is C18H18BrN3O. The smallest absolute Gasteiger partial charge is 0.264 e. The van der Waals surface area contributed by atoms with E-state index < -0.39 is 0 Å². The molecule has 0 atom stereocenters. The molecule has 0 fully saturated rings. The second kappa shape index (κ2) is 6.84. The molecule has 118 valence electrons. The zero-order chi connectivity index (χ0) is 17.1. The molecule has 1 aromatic heterocycles. The van der Waals surface area contributed by atoms with E-state index in [1.54, 1.807) is 20.2 Å². The van der Waals surface area contributed by atoms with Crippen molar-refractivity contribution < 1.29 is 4.79 Å². The summed E-state index contributed by atoms with van der Waals surface area (Å²) in [5.41, 5.74) is 4.08. The highest BCUT2D eigenvalue weighted by molar-refractivity contribution is 9.10. The number of aryl methyl sites for hydroxylation is 1. The number of rotatable bonds is 3. The number of hydrogen-bond acceptors (Lipinski definition) is 2. The van der Waals surface area contributed by atoms with E-state index in [0.29, 0.717) is 0 Å². The molecule has 2 aromatic rings. The fourth-order valence-corrected chi connectivity index (χ4v) is 2.72. The SMILES string of the molecule is Cc1cc(C=C(C#N)C(=O)N(C)C)c(C)n1-c1ccc(Br)cc1. The summed E-state index contributed by atoms with van der Waals surface area (Å²) < 4.78 is 3.13. The third-order valence-electron chi connectivity index (χ3n) is 3.61. The van der Waals surface area contributed by atoms with Crippen LogP contribution in [-0.4, -0.2) is 29.5 Å². The molecule has 0 N–H and O–H groups in total. The first-order chi connectivity index (χ1) is 10.8. The van der Waals surface area contributed by atoms with Gasteiger partial charge in [0.25, 0.3) is 5.91 Å². The second-order valence-corrected chi connectivity index (χ2v) is 6.42. The average Bonchev–Trinajstić information content (AvgIpc) is 2.79. The van der Waals surface area contributed by atoms with E-state index in [9.17, 15) is 10.1 Å². The van der Waals surface area contributed by atoms with Crippen molar-refractivity contribution in [3.05, 3.63) is 57.3 Å². The van der Waals surface area contributed by atoms with Crippen LogP contribution in [0.4, 0.5) is 0 Å². The highest BCUT2D eigenvalue weighted by Crippen LogP contribution is 2.24. The fourth-order valence-electron chi connectivity index (χ4n) is 2.46. The van der Waals surface area contributed by atoms with Crippen LogP contribution in [0.1, 0.15) is 17.0 Å². The lowest BCUT2D eigenvalue weighted by atomic mass is 10.1. The van der Waals surface area contributed by atoms with Gasteiger partial charge >= 0.3 is 0 Å². The number of nitriles is 1. The lowest BCUT2D eigenvalue weighted by Gasteiger charge is -2.10. The van der Waals surface area contributed by atoms with Gasteiger partial charge in [0, 0.05) is 35.6 Å². The minimum atomic E-state index is -0.291. The van der Waals surface area contributed by atoms with Crippen molar-refractivity contribution in [1.82, 2.24) is 9.47 Å². The number of carbonyl (C=O) groups excluding carboxylic acids is 1. The molecular weight excluding hydrogens is 354 g/mol. The standard InChI is InChI=1S/C18H18BrN3O/c1-12-9-14(10-15(11-20)18(23)21(3)4)13(2)22(12)17-7-5-16(19)6-8-17/h5-10H,1-4H3. The van der Waals surface area contributed by atoms with Gasteiger partial charge in [0.05, 0.1) is 0 Å². The summed E-state index contributed by atoms with van der Waals surface area (Å²) >= 11 is 3.43. The van der Waals surface area contributed by atoms with E-state index in [1.807, 2.05) is 50.2 Å². The van der Waals surface area contributed by atoms with Gasteiger partial charge in [0.1, 0.15) is 11.6 Å². The lowest BCUT2D eigenvalue weighted by molar-refractivity contribution is -0.124. The molecule has 0 saturated carbocycles. The van der Waals surface area contributed by atoms with E-state index in [4.69, 9.17) is 0 Å². The van der Waals surface area contributed by atoms with E-state index in [0.717, 1.165) is 27.1 Å². The Bertz CT molecular complexity index is 808. The summed E-state index contributed by atoms with van der Waals surface area (Å²) in [6.07, 6.45) is 1.65. The van der Waals surface area contributed by atoms with E-state index in [2.05, 4.69) is 20.5 Å². The monoisotopic (exact) mass is 371 g/mol. The maximum atomic E-state index is 12.0. The minimum Gasteiger partial charge on any atom is -0.344 e. The zero-order valence-electron chi connectivity index (χ0n) is 13.6. The second-order valence-electron chi connectivity index (χ2n) is 5.51. The van der Waals surface area contributed by atoms with E-state index >= 15 is 0 Å². The summed E-state index contributed by atoms with van der Waals surface area (Å²) in [5, 5.41) is 9.24. The summed E-state index contributed by atoms with van der Waals surface area (Å²) in [4.78, 5) is 13.4. The third-order valence-corrected chi connectivity index (χ3v) is 4.14. The summed E-state index contributed by atoms with van der Waals surface area (Å²) in [7, 11) is 3.28. The minimum absolute atomic E-state index is 0.131. The number of aromatic nitrogens is 1. The number of nitrogens with zero attached hydrogens (tertiary/aromatic N) is 3. The number of benzene rings is 1. The molecule has 1 heterocycles. The van der Waals surface area contributed by atoms with Crippen LogP contribution in [0.2, 0.25) is 0 Å². The molecule has 0 saturated heterocycles. The zero-order valence-corrected chi connectivity index (χ0v) is 15.2. The first kappa shape index (κ1) is 17.0. The van der Waals surface area contributed by atoms with Crippen LogP contribution >= 0.6 is 15.9 Å². The van der Waals surface area contributed by atoms with Crippen molar-refractivity contribution in [2.45, 2.75) is 13.8 Å². The first-order valence-corrected chi connectivity index (χ1v) is 7.92. The number of carbonyl (C=O) groups is 1. The molecule has 1 aromatic carbocycles. The predicted octanol–water partition coefficient (Wildman–Crippen LogP) is 3.85. The van der Waals surface area contributed by atoms with Crippen molar-refractivity contribution in [2.75, 3.05) is 14.1 Å². The molecule has 0 radical (unpaired) electrons. The van der Waals surface area contributed by atoms with Crippen molar-refractivity contribution in [3.63, 3.8) is 0 Å². The quantitative estimate of drug-likeness (QED) is 0.607. The Morgan fingerprint density at radius 1 is 1.26 bits per heavy atom. The van der Waals surface area contributed by atoms with Gasteiger partial charge in [-0.15, -0.1) is 0 Å². The molecule has 5 heteroatoms. The third kappa shape index (κ3) is 3.54. The number of hydrogen-bond donors (Lipinski definition) is 0. The number of amides is 1. The molecule has 2 rings (SSSR count). The molecule has 0 unspecified atom stereocenters. The maximum Gasteiger partial charge on any atom is 0.264 e. The van der Waals surface area contributed by atoms with Crippen LogP contribution in [0.3, 0.4) is 0 Å². The molecule has 0 aliphatic carbocycles. The van der Waals surface area contributed by atoms with Gasteiger partial charge in [-0.05, 0) is 55.8 Å². The van der Waals surface area contributed by atoms with Gasteiger partial charge < -0.3 is 9.47 Å². The van der Waals surface area contributed by atoms with Crippen LogP contribution in [-0.2, 0) is 4.79 Å². The molecule has 0 aliphatic rings. The number of likely N-dealkylation sites (N-methyl/N-ethyl adjacent to an activating group) is 1. The van der Waals surface area contributed by atoms with Gasteiger partial charge in [-0.3, -0.25) is 4.79 Å². The van der Waals surface area contributed by atoms with Gasteiger partial charge in [-0.2, -0.15) is 5.26 Å². The van der Waals surface area contributed by atoms with Gasteiger partial charge in [-0.25, -0.2) is 0 Å². The molecule has 23 heavy (non-hydrogen) atoms. The highest BCUT2D eigenvalue weighted by atomic mass is 79.9. The Kier molecular flexibility index (Phi) is 5.07. The highest BCUT2D eigenvalue weighted by Gasteiger charge is 2.14. The van der Waals surface area contributed by atoms with E-state index in [-0.39, 0.29) is 11.5 Å². The van der Waals surface area contributed by atoms with Gasteiger partial charge in [-0.1, -0.05) is 15.9 Å². The van der Waals surface area contributed by atoms with Crippen LogP contribution in [0.5, 0.6) is 0 Å². The lowest BCUT2D eigenvalue weighted by Crippen LogP contribution is -2.22. The van der Waals surface area contributed by atoms with Crippen molar-refractivity contribution >= 4 is 27.9 Å². The summed E-state index contributed by atoms with van der Waals surface area (Å²) in [6, 6.07) is 12.0. The Labute approximate surface area is 144 Å². The number of halogens is 1. The molecule has 4 nitrogen and oxygen atoms in total. The molecule has 0 bridgehead atoms. The Balaban J connectivity index is 2.51. The molecule has 0 aliphatic heterocycles. The Morgan fingerprint density at radius 2 is 1.87 bits per heavy atom. The topological polar surface area (TPSA) is 49.0 Å². The Morgan fingerprint density at radius 3 is 2.39 bits per heavy atom. The normalized spacial score (nSPS) is 11.2. The van der Waals surface area contributed by atoms with Crippen LogP contribution in [0, 0.1) is 25.2 Å². The van der Waals surface area contributed by atoms with Crippen LogP contribution < -0.4 is 0 Å². The maximum absolute atomic E-state index is 12.0. The van der Waals surface area contributed by atoms with Crippen LogP contribution in [0.15, 0.2) is 40.4 Å². The fraction of sp³-hybridized carbons (Fsp3) is 0.222. The first-order valence-electron chi connectivity index (χ1n) is 7.13. The Hall–Kier alpha value is -2.32. The van der Waals surface area contributed by atoms with Gasteiger partial charge in [0.15, 0.2) is 0 Å². The van der Waals surface area contributed by atoms with Crippen molar-refractivity contribution in [3.8, 4) is 11.8 Å². The van der Waals surface area contributed by atoms with Crippen molar-refractivity contribution in [1.29, 1.82) is 5.26 Å². The predicted molar refractivity (Wildman–Crippen MR) is 95.2 cm³/mol. The molecule has 1 amide bonds. The summed E-state index contributed by atoms with van der Waals surface area (Å²) in [5.74, 6) is -0.291.